The van der Waals surface area contributed by atoms with Crippen LogP contribution in [0.25, 0.3) is 0 Å². The molecule has 1 heteroatoms. The SMILES string of the molecule is CCCC(CC(C)=O)C(C)C. The van der Waals surface area contributed by atoms with Crippen molar-refractivity contribution in [2.24, 2.45) is 11.8 Å². The Balaban J connectivity index is 3.79. The smallest absolute Gasteiger partial charge is 0.130 e. The molecule has 1 unspecified atom stereocenters. The van der Waals surface area contributed by atoms with Gasteiger partial charge in [-0.15, -0.1) is 0 Å². The van der Waals surface area contributed by atoms with Gasteiger partial charge < -0.3 is 4.79 Å². The van der Waals surface area contributed by atoms with E-state index in [2.05, 4.69) is 20.8 Å². The molecule has 0 aromatic heterocycles. The topological polar surface area (TPSA) is 17.1 Å². The van der Waals surface area contributed by atoms with Crippen molar-refractivity contribution in [1.29, 1.82) is 0 Å². The average Bonchev–Trinajstić information content (AvgIpc) is 1.86. The second-order valence-electron chi connectivity index (χ2n) is 3.70. The summed E-state index contributed by atoms with van der Waals surface area (Å²) >= 11 is 0. The van der Waals surface area contributed by atoms with Crippen LogP contribution in [0.15, 0.2) is 0 Å². The van der Waals surface area contributed by atoms with Crippen LogP contribution in [0.2, 0.25) is 0 Å². The Morgan fingerprint density at radius 3 is 2.18 bits per heavy atom. The lowest BCUT2D eigenvalue weighted by molar-refractivity contribution is -0.118. The molecule has 0 bridgehead atoms. The maximum atomic E-state index is 10.8. The van der Waals surface area contributed by atoms with E-state index in [1.807, 2.05) is 0 Å². The second-order valence-corrected chi connectivity index (χ2v) is 3.70. The Hall–Kier alpha value is -0.330. The Kier molecular flexibility index (Phi) is 5.18. The third-order valence-corrected chi connectivity index (χ3v) is 2.15. The van der Waals surface area contributed by atoms with Crippen LogP contribution in [0.1, 0.15) is 47.0 Å². The molecule has 0 aliphatic rings. The predicted octanol–water partition coefficient (Wildman–Crippen LogP) is 3.04. The number of Topliss-reactive ketones (excluding diaryl/α,β-unsaturated/α-hetero) is 1. The van der Waals surface area contributed by atoms with E-state index in [0.29, 0.717) is 17.6 Å². The van der Waals surface area contributed by atoms with Crippen LogP contribution in [-0.4, -0.2) is 5.78 Å². The molecular weight excluding hydrogens is 136 g/mol. The van der Waals surface area contributed by atoms with E-state index >= 15 is 0 Å². The second kappa shape index (κ2) is 5.34. The summed E-state index contributed by atoms with van der Waals surface area (Å²) in [5.41, 5.74) is 0. The van der Waals surface area contributed by atoms with Gasteiger partial charge in [-0.25, -0.2) is 0 Å². The van der Waals surface area contributed by atoms with E-state index in [1.54, 1.807) is 6.92 Å². The molecule has 0 aliphatic carbocycles. The zero-order chi connectivity index (χ0) is 8.85. The van der Waals surface area contributed by atoms with Crippen LogP contribution in [0, 0.1) is 11.8 Å². The fourth-order valence-corrected chi connectivity index (χ4v) is 1.41. The number of hydrogen-bond donors (Lipinski definition) is 0. The van der Waals surface area contributed by atoms with Gasteiger partial charge >= 0.3 is 0 Å². The summed E-state index contributed by atoms with van der Waals surface area (Å²) in [6, 6.07) is 0. The van der Waals surface area contributed by atoms with Gasteiger partial charge in [-0.1, -0.05) is 33.6 Å². The van der Waals surface area contributed by atoms with Gasteiger partial charge in [0.2, 0.25) is 0 Å². The first-order valence-corrected chi connectivity index (χ1v) is 4.57. The highest BCUT2D eigenvalue weighted by Gasteiger charge is 2.13. The quantitative estimate of drug-likeness (QED) is 0.598. The Labute approximate surface area is 70.2 Å². The predicted molar refractivity (Wildman–Crippen MR) is 48.5 cm³/mol. The molecule has 0 rings (SSSR count). The van der Waals surface area contributed by atoms with Crippen molar-refractivity contribution in [1.82, 2.24) is 0 Å². The van der Waals surface area contributed by atoms with Crippen molar-refractivity contribution in [2.45, 2.75) is 47.0 Å². The van der Waals surface area contributed by atoms with Gasteiger partial charge in [0, 0.05) is 6.42 Å². The molecule has 0 aromatic carbocycles. The molecule has 0 aliphatic heterocycles. The van der Waals surface area contributed by atoms with Crippen LogP contribution in [0.3, 0.4) is 0 Å². The van der Waals surface area contributed by atoms with Crippen LogP contribution in [0.5, 0.6) is 0 Å². The molecular formula is C10H20O. The van der Waals surface area contributed by atoms with Crippen molar-refractivity contribution in [3.63, 3.8) is 0 Å². The summed E-state index contributed by atoms with van der Waals surface area (Å²) in [5.74, 6) is 1.59. The Morgan fingerprint density at radius 2 is 1.91 bits per heavy atom. The summed E-state index contributed by atoms with van der Waals surface area (Å²) in [7, 11) is 0. The van der Waals surface area contributed by atoms with Crippen molar-refractivity contribution in [3.05, 3.63) is 0 Å². The summed E-state index contributed by atoms with van der Waals surface area (Å²) < 4.78 is 0. The normalized spacial score (nSPS) is 13.5. The highest BCUT2D eigenvalue weighted by atomic mass is 16.1. The minimum atomic E-state index is 0.331. The number of rotatable bonds is 5. The molecule has 1 nitrogen and oxygen atoms in total. The fraction of sp³-hybridized carbons (Fsp3) is 0.900. The lowest BCUT2D eigenvalue weighted by atomic mass is 9.87. The van der Waals surface area contributed by atoms with Gasteiger partial charge in [0.15, 0.2) is 0 Å². The van der Waals surface area contributed by atoms with Crippen molar-refractivity contribution < 1.29 is 4.79 Å². The van der Waals surface area contributed by atoms with Gasteiger partial charge in [0.25, 0.3) is 0 Å². The Bertz CT molecular complexity index is 116. The maximum Gasteiger partial charge on any atom is 0.130 e. The number of carbonyl (C=O) groups is 1. The van der Waals surface area contributed by atoms with Gasteiger partial charge in [0.05, 0.1) is 0 Å². The van der Waals surface area contributed by atoms with Crippen LogP contribution >= 0.6 is 0 Å². The molecule has 0 heterocycles. The number of ketones is 1. The van der Waals surface area contributed by atoms with Crippen LogP contribution in [0.4, 0.5) is 0 Å². The molecule has 0 N–H and O–H groups in total. The third-order valence-electron chi connectivity index (χ3n) is 2.15. The molecule has 0 spiro atoms. The molecule has 0 radical (unpaired) electrons. The third kappa shape index (κ3) is 5.00. The molecule has 11 heavy (non-hydrogen) atoms. The van der Waals surface area contributed by atoms with E-state index < -0.39 is 0 Å². The first-order valence-electron chi connectivity index (χ1n) is 4.57. The summed E-state index contributed by atoms with van der Waals surface area (Å²) in [6.45, 7) is 8.26. The first kappa shape index (κ1) is 10.7. The highest BCUT2D eigenvalue weighted by Crippen LogP contribution is 2.20. The minimum absolute atomic E-state index is 0.331. The maximum absolute atomic E-state index is 10.8. The minimum Gasteiger partial charge on any atom is -0.300 e. The first-order chi connectivity index (χ1) is 5.07. The molecule has 1 atom stereocenters. The van der Waals surface area contributed by atoms with E-state index in [0.717, 1.165) is 6.42 Å². The molecule has 0 saturated heterocycles. The lowest BCUT2D eigenvalue weighted by Gasteiger charge is -2.18. The number of hydrogen-bond acceptors (Lipinski definition) is 1. The van der Waals surface area contributed by atoms with Gasteiger partial charge in [0.1, 0.15) is 5.78 Å². The van der Waals surface area contributed by atoms with Gasteiger partial charge in [-0.2, -0.15) is 0 Å². The van der Waals surface area contributed by atoms with Crippen LogP contribution in [-0.2, 0) is 4.79 Å². The largest absolute Gasteiger partial charge is 0.300 e. The summed E-state index contributed by atoms with van der Waals surface area (Å²) in [4.78, 5) is 10.8. The molecule has 0 aromatic rings. The zero-order valence-electron chi connectivity index (χ0n) is 8.18. The van der Waals surface area contributed by atoms with Gasteiger partial charge in [-0.3, -0.25) is 0 Å². The molecule has 0 fully saturated rings. The Morgan fingerprint density at radius 1 is 1.36 bits per heavy atom. The highest BCUT2D eigenvalue weighted by molar-refractivity contribution is 5.75. The van der Waals surface area contributed by atoms with Crippen molar-refractivity contribution in [3.8, 4) is 0 Å². The average molecular weight is 156 g/mol. The van der Waals surface area contributed by atoms with Crippen molar-refractivity contribution >= 4 is 5.78 Å². The van der Waals surface area contributed by atoms with Crippen molar-refractivity contribution in [2.75, 3.05) is 0 Å². The van der Waals surface area contributed by atoms with E-state index in [-0.39, 0.29) is 0 Å². The van der Waals surface area contributed by atoms with E-state index in [9.17, 15) is 4.79 Å². The van der Waals surface area contributed by atoms with Crippen LogP contribution < -0.4 is 0 Å². The lowest BCUT2D eigenvalue weighted by Crippen LogP contribution is -2.12. The molecule has 0 amide bonds. The number of carbonyl (C=O) groups excluding carboxylic acids is 1. The molecule has 0 saturated carbocycles. The fourth-order valence-electron chi connectivity index (χ4n) is 1.41. The van der Waals surface area contributed by atoms with Gasteiger partial charge in [-0.05, 0) is 18.8 Å². The zero-order valence-corrected chi connectivity index (χ0v) is 8.18. The monoisotopic (exact) mass is 156 g/mol. The summed E-state index contributed by atoms with van der Waals surface area (Å²) in [5, 5.41) is 0. The van der Waals surface area contributed by atoms with E-state index in [1.165, 1.54) is 12.8 Å². The standard InChI is InChI=1S/C10H20O/c1-5-6-10(8(2)3)7-9(4)11/h8,10H,5-7H2,1-4H3. The summed E-state index contributed by atoms with van der Waals surface area (Å²) in [6.07, 6.45) is 3.15. The molecule has 66 valence electrons. The van der Waals surface area contributed by atoms with E-state index in [4.69, 9.17) is 0 Å².